The lowest BCUT2D eigenvalue weighted by Gasteiger charge is -2.24. The van der Waals surface area contributed by atoms with Gasteiger partial charge in [-0.05, 0) is 193 Å². The van der Waals surface area contributed by atoms with Gasteiger partial charge in [-0.15, -0.1) is 0 Å². The molecule has 0 amide bonds. The van der Waals surface area contributed by atoms with Crippen molar-refractivity contribution in [1.29, 1.82) is 0 Å². The number of Topliss-reactive ketones (excluding diaryl/α,β-unsaturated/α-hetero) is 12. The zero-order chi connectivity index (χ0) is 86.9. The number of hydrogen-bond acceptors (Lipinski definition) is 15. The molecular formula is C98H108N10O13. The van der Waals surface area contributed by atoms with Crippen LogP contribution in [-0.4, -0.2) is 146 Å². The number of ketones is 12. The highest BCUT2D eigenvalue weighted by Crippen LogP contribution is 2.39. The molecule has 121 heavy (non-hydrogen) atoms. The van der Waals surface area contributed by atoms with Gasteiger partial charge in [0.25, 0.3) is 0 Å². The molecule has 0 N–H and O–H groups in total. The summed E-state index contributed by atoms with van der Waals surface area (Å²) >= 11 is 0. The number of aromatic nitrogens is 8. The van der Waals surface area contributed by atoms with Crippen LogP contribution in [0.5, 0.6) is 11.5 Å². The number of ether oxygens (including phenoxy) is 1. The van der Waals surface area contributed by atoms with Crippen LogP contribution in [0.15, 0.2) is 153 Å². The summed E-state index contributed by atoms with van der Waals surface area (Å²) < 4.78 is 20.0. The van der Waals surface area contributed by atoms with Gasteiger partial charge < -0.3 is 51.1 Å². The average Bonchev–Trinajstić information content (AvgIpc) is 1.49. The first-order valence-electron chi connectivity index (χ1n) is 41.2. The van der Waals surface area contributed by atoms with Crippen LogP contribution in [0.25, 0.3) is 12.2 Å². The largest absolute Gasteiger partial charge is 0.456 e. The number of benzene rings is 3. The minimum Gasteiger partial charge on any atom is -0.456 e. The standard InChI is InChI=1S/C98H108N10O13/c1-61-27-30-77-96(34-61)121-97-52-72(100(5)6)29-32-78(97)98(77)76-31-28-71(35-62(76)2)87(112)25-18-21-73(109)20-17-22-74(110)36-63-38-81(103(9)53-63)90(115)48-67-42-85(107(13)57-67)95(120)51-70-45-84(106(12)60-70)93(118)47-66-41-80(102(8)56-66)89(114)26-19-23-75(111)37-64-39-82(104(10)54-64)91(116)49-68-43-86(108(14)58-68)94(119)50-69-44-83(105(11)59-69)92(117)46-65-40-79(101(7)55-65)88(113)24-15-16-33-99(3)4/h27-32,34-35,38-45,52-60H,1,15-26,33,36-37,46-51H2,2-14H3. The van der Waals surface area contributed by atoms with Crippen molar-refractivity contribution in [3.63, 3.8) is 0 Å². The van der Waals surface area contributed by atoms with Gasteiger partial charge in [0.15, 0.2) is 52.0 Å². The van der Waals surface area contributed by atoms with Gasteiger partial charge in [-0.25, -0.2) is 0 Å². The van der Waals surface area contributed by atoms with Crippen LogP contribution in [0.4, 0.5) is 5.69 Å². The van der Waals surface area contributed by atoms with Crippen molar-refractivity contribution in [1.82, 2.24) is 41.4 Å². The molecule has 8 aromatic heterocycles. The fourth-order valence-electron chi connectivity index (χ4n) is 16.6. The maximum atomic E-state index is 13.9. The van der Waals surface area contributed by atoms with E-state index in [9.17, 15) is 57.5 Å². The van der Waals surface area contributed by atoms with Gasteiger partial charge in [0.05, 0.1) is 45.6 Å². The van der Waals surface area contributed by atoms with E-state index in [-0.39, 0.29) is 159 Å². The molecule has 1 aliphatic heterocycles. The Balaban J connectivity index is 0.541. The van der Waals surface area contributed by atoms with E-state index in [4.69, 9.17) is 4.74 Å². The molecule has 23 heteroatoms. The predicted molar refractivity (Wildman–Crippen MR) is 466 cm³/mol. The summed E-state index contributed by atoms with van der Waals surface area (Å²) in [6.07, 6.45) is 18.7. The normalized spacial score (nSPS) is 11.8. The molecule has 0 spiro atoms. The van der Waals surface area contributed by atoms with Gasteiger partial charge in [-0.3, -0.25) is 57.5 Å². The molecule has 0 fully saturated rings. The van der Waals surface area contributed by atoms with Crippen LogP contribution in [0.2, 0.25) is 0 Å². The number of nitrogens with zero attached hydrogens (tertiary/aromatic N) is 10. The van der Waals surface area contributed by atoms with E-state index in [2.05, 4.69) is 23.6 Å². The summed E-state index contributed by atoms with van der Waals surface area (Å²) in [6.45, 7) is 7.01. The van der Waals surface area contributed by atoms with Gasteiger partial charge in [-0.2, -0.15) is 0 Å². The van der Waals surface area contributed by atoms with Crippen LogP contribution < -0.4 is 20.1 Å². The number of hydrogen-bond donors (Lipinski definition) is 0. The van der Waals surface area contributed by atoms with E-state index < -0.39 is 0 Å². The lowest BCUT2D eigenvalue weighted by Crippen LogP contribution is -2.20. The summed E-state index contributed by atoms with van der Waals surface area (Å²) in [5.74, 6) is -0.0240. The first-order valence-corrected chi connectivity index (χ1v) is 41.2. The molecule has 11 aromatic rings. The number of unbranched alkanes of at least 4 members (excludes halogenated alkanes) is 1. The van der Waals surface area contributed by atoms with Crippen LogP contribution in [0.1, 0.15) is 233 Å². The molecule has 9 heterocycles. The van der Waals surface area contributed by atoms with Crippen LogP contribution in [0.3, 0.4) is 0 Å². The van der Waals surface area contributed by atoms with E-state index in [1.807, 2.05) is 95.7 Å². The first-order chi connectivity index (χ1) is 57.6. The molecule has 0 atom stereocenters. The quantitative estimate of drug-likeness (QED) is 0.0254. The molecule has 3 aromatic carbocycles. The van der Waals surface area contributed by atoms with Crippen molar-refractivity contribution in [2.75, 3.05) is 39.6 Å². The van der Waals surface area contributed by atoms with Crippen LogP contribution >= 0.6 is 0 Å². The molecule has 0 radical (unpaired) electrons. The molecule has 0 saturated carbocycles. The number of carbonyl (C=O) groups is 12. The molecule has 0 aliphatic carbocycles. The summed E-state index contributed by atoms with van der Waals surface area (Å²) in [4.78, 5) is 166. The van der Waals surface area contributed by atoms with E-state index in [1.165, 1.54) is 0 Å². The monoisotopic (exact) mass is 1630 g/mol. The van der Waals surface area contributed by atoms with Gasteiger partial charge in [0, 0.05) is 250 Å². The van der Waals surface area contributed by atoms with Crippen molar-refractivity contribution >= 4 is 87.2 Å². The topological polar surface area (TPSA) is 260 Å². The van der Waals surface area contributed by atoms with Crippen molar-refractivity contribution in [3.8, 4) is 11.5 Å². The molecule has 628 valence electrons. The zero-order valence-electron chi connectivity index (χ0n) is 71.8. The Morgan fingerprint density at radius 3 is 0.992 bits per heavy atom. The lowest BCUT2D eigenvalue weighted by molar-refractivity contribution is -0.120. The zero-order valence-corrected chi connectivity index (χ0v) is 71.8. The number of fused-ring (bicyclic) bond motifs is 2. The highest BCUT2D eigenvalue weighted by Gasteiger charge is 2.28. The third-order valence-electron chi connectivity index (χ3n) is 22.8. The Morgan fingerprint density at radius 2 is 0.636 bits per heavy atom. The Morgan fingerprint density at radius 1 is 0.314 bits per heavy atom. The fourth-order valence-corrected chi connectivity index (χ4v) is 16.6. The third-order valence-corrected chi connectivity index (χ3v) is 22.8. The van der Waals surface area contributed by atoms with E-state index in [1.54, 1.807) is 178 Å². The molecule has 0 unspecified atom stereocenters. The molecule has 0 saturated heterocycles. The molecule has 1 aliphatic rings. The van der Waals surface area contributed by atoms with E-state index >= 15 is 0 Å². The van der Waals surface area contributed by atoms with Crippen molar-refractivity contribution in [3.05, 3.63) is 275 Å². The SMILES string of the molecule is C=c1ccc2c(c1)Oc1cc(N(C)C)ccc1C=2c1ccc(C(=O)CCCC(=O)CCCC(=O)Cc2cc(C(=O)Cc3cc(C(=O)Cc4cc(C(=O)Cc5cc(C(=O)CCCC(=O)Cc6cc(C(=O)Cc7cc(C(=O)Cc8cc(C(=O)Cc9cc(C(=O)CCCCN(C)C)n(C)c9)n(C)c8)n(C)c7)n(C)c6)n(C)c5)n(C)c4)n(C)c3)n(C)c2)cc1C. The molecule has 23 nitrogen and oxygen atoms in total. The molecule has 0 bridgehead atoms. The first kappa shape index (κ1) is 87.6. The third kappa shape index (κ3) is 21.5. The fraction of sp³-hybridized carbons (Fsp3) is 0.347. The summed E-state index contributed by atoms with van der Waals surface area (Å²) in [7, 11) is 22.0. The van der Waals surface area contributed by atoms with Gasteiger partial charge in [0.1, 0.15) is 28.8 Å². The summed E-state index contributed by atoms with van der Waals surface area (Å²) in [6, 6.07) is 31.5. The van der Waals surface area contributed by atoms with E-state index in [0.717, 1.165) is 74.8 Å². The highest BCUT2D eigenvalue weighted by molar-refractivity contribution is 6.04. The second kappa shape index (κ2) is 38.1. The Kier molecular flexibility index (Phi) is 27.6. The summed E-state index contributed by atoms with van der Waals surface area (Å²) in [5.41, 5.74) is 14.2. The summed E-state index contributed by atoms with van der Waals surface area (Å²) in [5, 5.41) is 1.78. The van der Waals surface area contributed by atoms with Gasteiger partial charge in [-0.1, -0.05) is 30.8 Å². The Hall–Kier alpha value is -12.8. The van der Waals surface area contributed by atoms with E-state index in [0.29, 0.717) is 116 Å². The molecule has 12 rings (SSSR count). The number of rotatable bonds is 44. The van der Waals surface area contributed by atoms with Crippen molar-refractivity contribution in [2.45, 2.75) is 135 Å². The second-order valence-corrected chi connectivity index (χ2v) is 33.3. The molecular weight excluding hydrogens is 1530 g/mol. The number of carbonyl (C=O) groups excluding carboxylic acids is 12. The van der Waals surface area contributed by atoms with Crippen LogP contribution in [0, 0.1) is 6.92 Å². The lowest BCUT2D eigenvalue weighted by atomic mass is 9.88. The highest BCUT2D eigenvalue weighted by atomic mass is 16.5. The number of anilines is 1. The second-order valence-electron chi connectivity index (χ2n) is 33.3. The minimum absolute atomic E-state index is 0.00543. The Bertz CT molecular complexity index is 6050. The van der Waals surface area contributed by atoms with Gasteiger partial charge >= 0.3 is 0 Å². The smallest absolute Gasteiger partial charge is 0.183 e. The minimum atomic E-state index is -0.216. The predicted octanol–water partition coefficient (Wildman–Crippen LogP) is 13.1. The Labute approximate surface area is 705 Å². The van der Waals surface area contributed by atoms with Crippen LogP contribution in [-0.2, 0) is 122 Å². The maximum absolute atomic E-state index is 13.9. The maximum Gasteiger partial charge on any atom is 0.183 e. The number of aryl methyl sites for hydroxylation is 9. The van der Waals surface area contributed by atoms with Gasteiger partial charge in [0.2, 0.25) is 0 Å². The van der Waals surface area contributed by atoms with Crippen molar-refractivity contribution in [2.24, 2.45) is 56.4 Å². The average molecular weight is 1630 g/mol. The van der Waals surface area contributed by atoms with Crippen molar-refractivity contribution < 1.29 is 62.3 Å².